The zero-order valence-corrected chi connectivity index (χ0v) is 17.9. The van der Waals surface area contributed by atoms with Crippen LogP contribution in [0.2, 0.25) is 0 Å². The van der Waals surface area contributed by atoms with Crippen molar-refractivity contribution in [2.45, 2.75) is 76.7 Å². The number of ketones is 1. The molecule has 4 aliphatic carbocycles. The summed E-state index contributed by atoms with van der Waals surface area (Å²) < 4.78 is 12.0. The quantitative estimate of drug-likeness (QED) is 0.456. The number of ether oxygens (including phenoxy) is 1. The summed E-state index contributed by atoms with van der Waals surface area (Å²) in [6, 6.07) is 4.05. The third kappa shape index (κ3) is 2.23. The van der Waals surface area contributed by atoms with Crippen LogP contribution in [0.4, 0.5) is 0 Å². The minimum absolute atomic E-state index is 0.0227. The van der Waals surface area contributed by atoms with E-state index in [1.165, 1.54) is 11.1 Å². The highest BCUT2D eigenvalue weighted by molar-refractivity contribution is 5.83. The number of hydrogen-bond donors (Lipinski definition) is 0. The molecule has 1 saturated heterocycles. The van der Waals surface area contributed by atoms with Gasteiger partial charge >= 0.3 is 5.97 Å². The summed E-state index contributed by atoms with van der Waals surface area (Å²) in [5.74, 6) is 2.26. The molecule has 2 heterocycles. The molecular weight excluding hydrogens is 376 g/mol. The highest BCUT2D eigenvalue weighted by Gasteiger charge is 2.66. The summed E-state index contributed by atoms with van der Waals surface area (Å²) in [4.78, 5) is 24.4. The van der Waals surface area contributed by atoms with Crippen LogP contribution in [0.5, 0.6) is 0 Å². The van der Waals surface area contributed by atoms with Gasteiger partial charge in [-0.15, -0.1) is 0 Å². The Hall–Kier alpha value is -2.10. The predicted molar refractivity (Wildman–Crippen MR) is 112 cm³/mol. The summed E-state index contributed by atoms with van der Waals surface area (Å²) >= 11 is 0. The smallest absolute Gasteiger partial charge is 0.306 e. The molecule has 6 rings (SSSR count). The molecular formula is C26H30O4. The number of esters is 1. The molecule has 3 fully saturated rings. The van der Waals surface area contributed by atoms with Gasteiger partial charge in [-0.3, -0.25) is 9.59 Å². The van der Waals surface area contributed by atoms with Gasteiger partial charge < -0.3 is 9.15 Å². The number of rotatable bonds is 1. The molecule has 1 spiro atoms. The third-order valence-electron chi connectivity index (χ3n) is 9.58. The molecule has 0 radical (unpaired) electrons. The summed E-state index contributed by atoms with van der Waals surface area (Å²) in [6.45, 7) is 4.72. The number of Topliss-reactive ketones (excluding diaryl/α,β-unsaturated/α-hetero) is 1. The van der Waals surface area contributed by atoms with E-state index in [0.29, 0.717) is 36.9 Å². The van der Waals surface area contributed by atoms with Gasteiger partial charge in [-0.1, -0.05) is 37.1 Å². The first-order valence-corrected chi connectivity index (χ1v) is 11.5. The molecule has 1 aromatic heterocycles. The minimum atomic E-state index is -0.308. The van der Waals surface area contributed by atoms with Crippen LogP contribution in [0.25, 0.3) is 0 Å². The first-order valence-electron chi connectivity index (χ1n) is 11.5. The second kappa shape index (κ2) is 5.99. The van der Waals surface area contributed by atoms with Crippen LogP contribution in [0, 0.1) is 22.7 Å². The van der Waals surface area contributed by atoms with E-state index in [2.05, 4.69) is 32.1 Å². The van der Waals surface area contributed by atoms with Crippen LogP contribution in [0.15, 0.2) is 46.1 Å². The van der Waals surface area contributed by atoms with Gasteiger partial charge in [0.1, 0.15) is 17.1 Å². The molecule has 6 atom stereocenters. The maximum absolute atomic E-state index is 12.3. The van der Waals surface area contributed by atoms with Gasteiger partial charge in [0.05, 0.1) is 6.26 Å². The van der Waals surface area contributed by atoms with Crippen molar-refractivity contribution in [2.75, 3.05) is 0 Å². The number of fused-ring (bicyclic) bond motifs is 6. The van der Waals surface area contributed by atoms with Crippen molar-refractivity contribution < 1.29 is 18.7 Å². The monoisotopic (exact) mass is 406 g/mol. The average Bonchev–Trinajstić information content (AvgIpc) is 3.43. The molecule has 0 aromatic carbocycles. The lowest BCUT2D eigenvalue weighted by atomic mass is 9.49. The van der Waals surface area contributed by atoms with E-state index in [-0.39, 0.29) is 28.3 Å². The number of furan rings is 1. The molecule has 1 aliphatic heterocycles. The van der Waals surface area contributed by atoms with E-state index in [9.17, 15) is 9.59 Å². The molecule has 30 heavy (non-hydrogen) atoms. The molecule has 3 unspecified atom stereocenters. The Kier molecular flexibility index (Phi) is 3.72. The van der Waals surface area contributed by atoms with Crippen molar-refractivity contribution in [3.63, 3.8) is 0 Å². The molecule has 5 aliphatic rings. The van der Waals surface area contributed by atoms with Gasteiger partial charge in [-0.25, -0.2) is 0 Å². The van der Waals surface area contributed by atoms with Crippen LogP contribution in [-0.2, 0) is 14.3 Å². The van der Waals surface area contributed by atoms with Crippen LogP contribution in [0.3, 0.4) is 0 Å². The van der Waals surface area contributed by atoms with Crippen molar-refractivity contribution in [2.24, 2.45) is 22.7 Å². The third-order valence-corrected chi connectivity index (χ3v) is 9.58. The fraction of sp³-hybridized carbons (Fsp3) is 0.615. The standard InChI is InChI=1S/C26H30O4/c1-24-9-5-17(27)14-16(24)15-18(21-4-3-13-29-21)23-19(24)6-10-25(2)20(23)7-11-26(25)12-8-22(28)30-26/h3-4,6,13,15,18,20,23H,5,7-12,14H2,1-2H3/t18?,20?,23?,24-,25-,26+/m0/s1. The van der Waals surface area contributed by atoms with Crippen molar-refractivity contribution in [3.05, 3.63) is 47.5 Å². The SMILES string of the molecule is C[C@]12CCC(=O)CC1=CC(c1ccco1)C1C2=CC[C@@]2(C)C1CC[C@@]21CCC(=O)O1. The molecule has 158 valence electrons. The normalized spacial score (nSPS) is 44.8. The van der Waals surface area contributed by atoms with Gasteiger partial charge in [-0.2, -0.15) is 0 Å². The maximum Gasteiger partial charge on any atom is 0.306 e. The average molecular weight is 407 g/mol. The second-order valence-corrected chi connectivity index (χ2v) is 10.7. The minimum Gasteiger partial charge on any atom is -0.469 e. The molecule has 1 aromatic rings. The van der Waals surface area contributed by atoms with E-state index >= 15 is 0 Å². The lowest BCUT2D eigenvalue weighted by molar-refractivity contribution is -0.160. The van der Waals surface area contributed by atoms with Crippen LogP contribution < -0.4 is 0 Å². The highest BCUT2D eigenvalue weighted by Crippen LogP contribution is 2.69. The fourth-order valence-corrected chi connectivity index (χ4v) is 7.84. The second-order valence-electron chi connectivity index (χ2n) is 10.7. The molecule has 4 heteroatoms. The van der Waals surface area contributed by atoms with Gasteiger partial charge in [0.25, 0.3) is 0 Å². The Bertz CT molecular complexity index is 985. The largest absolute Gasteiger partial charge is 0.469 e. The van der Waals surface area contributed by atoms with Crippen molar-refractivity contribution in [3.8, 4) is 0 Å². The first kappa shape index (κ1) is 18.7. The lowest BCUT2D eigenvalue weighted by Gasteiger charge is -2.56. The summed E-state index contributed by atoms with van der Waals surface area (Å²) in [6.07, 6.45) is 13.2. The van der Waals surface area contributed by atoms with E-state index in [0.717, 1.165) is 37.9 Å². The van der Waals surface area contributed by atoms with E-state index < -0.39 is 0 Å². The molecule has 4 nitrogen and oxygen atoms in total. The van der Waals surface area contributed by atoms with Crippen LogP contribution in [0.1, 0.15) is 76.9 Å². The van der Waals surface area contributed by atoms with Gasteiger partial charge in [0.15, 0.2) is 0 Å². The number of carbonyl (C=O) groups is 2. The number of hydrogen-bond acceptors (Lipinski definition) is 4. The fourth-order valence-electron chi connectivity index (χ4n) is 7.84. The van der Waals surface area contributed by atoms with E-state index in [1.807, 2.05) is 6.07 Å². The van der Waals surface area contributed by atoms with Gasteiger partial charge in [0, 0.05) is 36.0 Å². The Morgan fingerprint density at radius 1 is 1.10 bits per heavy atom. The summed E-state index contributed by atoms with van der Waals surface area (Å²) in [7, 11) is 0. The van der Waals surface area contributed by atoms with E-state index in [4.69, 9.17) is 9.15 Å². The molecule has 0 amide bonds. The Labute approximate surface area is 177 Å². The maximum atomic E-state index is 12.3. The van der Waals surface area contributed by atoms with Crippen LogP contribution >= 0.6 is 0 Å². The summed E-state index contributed by atoms with van der Waals surface area (Å²) in [5, 5.41) is 0. The predicted octanol–water partition coefficient (Wildman–Crippen LogP) is 5.50. The van der Waals surface area contributed by atoms with Crippen molar-refractivity contribution in [1.82, 2.24) is 0 Å². The van der Waals surface area contributed by atoms with Gasteiger partial charge in [0.2, 0.25) is 0 Å². The Morgan fingerprint density at radius 2 is 1.97 bits per heavy atom. The Morgan fingerprint density at radius 3 is 2.70 bits per heavy atom. The number of carbonyl (C=O) groups excluding carboxylic acids is 2. The molecule has 0 N–H and O–H groups in total. The molecule has 2 saturated carbocycles. The summed E-state index contributed by atoms with van der Waals surface area (Å²) in [5.41, 5.74) is 2.43. The zero-order chi connectivity index (χ0) is 20.7. The van der Waals surface area contributed by atoms with E-state index in [1.54, 1.807) is 6.26 Å². The van der Waals surface area contributed by atoms with Crippen LogP contribution in [-0.4, -0.2) is 17.4 Å². The molecule has 0 bridgehead atoms. The van der Waals surface area contributed by atoms with Gasteiger partial charge in [-0.05, 0) is 56.1 Å². The highest BCUT2D eigenvalue weighted by atomic mass is 16.6. The topological polar surface area (TPSA) is 56.5 Å². The van der Waals surface area contributed by atoms with Crippen molar-refractivity contribution >= 4 is 11.8 Å². The first-order chi connectivity index (χ1) is 14.4. The Balaban J connectivity index is 1.50. The number of allylic oxidation sites excluding steroid dienone is 4. The van der Waals surface area contributed by atoms with Crippen molar-refractivity contribution in [1.29, 1.82) is 0 Å². The zero-order valence-electron chi connectivity index (χ0n) is 17.9. The lowest BCUT2D eigenvalue weighted by Crippen LogP contribution is -2.51.